The van der Waals surface area contributed by atoms with E-state index in [0.29, 0.717) is 12.2 Å². The zero-order chi connectivity index (χ0) is 7.68. The van der Waals surface area contributed by atoms with Crippen molar-refractivity contribution in [3.8, 4) is 0 Å². The smallest absolute Gasteiger partial charge is 0.339 e. The van der Waals surface area contributed by atoms with Gasteiger partial charge in [0.2, 0.25) is 0 Å². The van der Waals surface area contributed by atoms with E-state index in [1.165, 1.54) is 0 Å². The molecule has 3 nitrogen and oxygen atoms in total. The van der Waals surface area contributed by atoms with Crippen LogP contribution < -0.4 is 0 Å². The quantitative estimate of drug-likeness (QED) is 0.512. The third-order valence-corrected chi connectivity index (χ3v) is 1.74. The number of pyridine rings is 1. The molecule has 0 saturated carbocycles. The van der Waals surface area contributed by atoms with Gasteiger partial charge in [0, 0.05) is 18.8 Å². The summed E-state index contributed by atoms with van der Waals surface area (Å²) in [6.07, 6.45) is 4.05. The normalized spacial score (nSPS) is 15.5. The summed E-state index contributed by atoms with van der Waals surface area (Å²) in [6, 6.07) is 1.86. The first-order valence-electron chi connectivity index (χ1n) is 3.48. The Kier molecular flexibility index (Phi) is 1.35. The van der Waals surface area contributed by atoms with Crippen LogP contribution in [-0.2, 0) is 11.2 Å². The molecule has 2 heterocycles. The Hall–Kier alpha value is -1.38. The van der Waals surface area contributed by atoms with Crippen LogP contribution in [0.1, 0.15) is 15.9 Å². The van der Waals surface area contributed by atoms with E-state index in [-0.39, 0.29) is 5.97 Å². The second kappa shape index (κ2) is 2.34. The topological polar surface area (TPSA) is 39.2 Å². The Morgan fingerprint density at radius 3 is 3.27 bits per heavy atom. The highest BCUT2D eigenvalue weighted by Gasteiger charge is 2.17. The summed E-state index contributed by atoms with van der Waals surface area (Å²) in [5.74, 6) is -0.251. The standard InChI is InChI=1S/C8H7NO2/c10-8-7-5-9-3-1-6(7)2-4-11-8/h1,3,5H,2,4H2. The van der Waals surface area contributed by atoms with Crippen LogP contribution in [0.5, 0.6) is 0 Å². The molecule has 0 aromatic carbocycles. The molecule has 1 aromatic rings. The van der Waals surface area contributed by atoms with Crippen molar-refractivity contribution in [1.29, 1.82) is 0 Å². The summed E-state index contributed by atoms with van der Waals surface area (Å²) >= 11 is 0. The molecule has 0 N–H and O–H groups in total. The zero-order valence-electron chi connectivity index (χ0n) is 5.91. The molecule has 0 spiro atoms. The first-order chi connectivity index (χ1) is 5.38. The van der Waals surface area contributed by atoms with Crippen LogP contribution in [0.3, 0.4) is 0 Å². The van der Waals surface area contributed by atoms with E-state index in [2.05, 4.69) is 4.98 Å². The van der Waals surface area contributed by atoms with Crippen LogP contribution in [0, 0.1) is 0 Å². The number of esters is 1. The number of ether oxygens (including phenoxy) is 1. The minimum atomic E-state index is -0.251. The Labute approximate surface area is 64.0 Å². The summed E-state index contributed by atoms with van der Waals surface area (Å²) < 4.78 is 4.83. The van der Waals surface area contributed by atoms with E-state index in [0.717, 1.165) is 12.0 Å². The molecule has 0 bridgehead atoms. The van der Waals surface area contributed by atoms with E-state index < -0.39 is 0 Å². The molecule has 0 aliphatic carbocycles. The second-order valence-electron chi connectivity index (χ2n) is 2.42. The molecule has 0 amide bonds. The molecule has 0 atom stereocenters. The molecular weight excluding hydrogens is 142 g/mol. The molecule has 0 radical (unpaired) electrons. The number of carbonyl (C=O) groups excluding carboxylic acids is 1. The number of fused-ring (bicyclic) bond motifs is 1. The SMILES string of the molecule is O=C1OCCc2ccncc21. The summed E-state index contributed by atoms with van der Waals surface area (Å²) in [6.45, 7) is 0.496. The highest BCUT2D eigenvalue weighted by molar-refractivity contribution is 5.91. The highest BCUT2D eigenvalue weighted by Crippen LogP contribution is 2.13. The fourth-order valence-corrected chi connectivity index (χ4v) is 1.16. The Morgan fingerprint density at radius 2 is 2.45 bits per heavy atom. The lowest BCUT2D eigenvalue weighted by Crippen LogP contribution is -2.17. The van der Waals surface area contributed by atoms with E-state index >= 15 is 0 Å². The average Bonchev–Trinajstić information content (AvgIpc) is 2.06. The van der Waals surface area contributed by atoms with Crippen LogP contribution in [0.2, 0.25) is 0 Å². The monoisotopic (exact) mass is 149 g/mol. The fraction of sp³-hybridized carbons (Fsp3) is 0.250. The van der Waals surface area contributed by atoms with Crippen LogP contribution >= 0.6 is 0 Å². The third-order valence-electron chi connectivity index (χ3n) is 1.74. The van der Waals surface area contributed by atoms with Crippen molar-refractivity contribution in [2.24, 2.45) is 0 Å². The van der Waals surface area contributed by atoms with Gasteiger partial charge in [-0.1, -0.05) is 0 Å². The van der Waals surface area contributed by atoms with E-state index in [9.17, 15) is 4.79 Å². The van der Waals surface area contributed by atoms with Crippen LogP contribution in [0.15, 0.2) is 18.5 Å². The molecule has 56 valence electrons. The maximum Gasteiger partial charge on any atom is 0.339 e. The predicted octanol–water partition coefficient (Wildman–Crippen LogP) is 0.794. The van der Waals surface area contributed by atoms with E-state index in [4.69, 9.17) is 4.74 Å². The van der Waals surface area contributed by atoms with Crippen molar-refractivity contribution in [1.82, 2.24) is 4.98 Å². The van der Waals surface area contributed by atoms with Gasteiger partial charge in [0.15, 0.2) is 0 Å². The van der Waals surface area contributed by atoms with Gasteiger partial charge in [-0.05, 0) is 11.6 Å². The summed E-state index contributed by atoms with van der Waals surface area (Å²) in [7, 11) is 0. The molecule has 3 heteroatoms. The lowest BCUT2D eigenvalue weighted by molar-refractivity contribution is 0.0479. The van der Waals surface area contributed by atoms with Gasteiger partial charge in [0.25, 0.3) is 0 Å². The van der Waals surface area contributed by atoms with Crippen molar-refractivity contribution < 1.29 is 9.53 Å². The predicted molar refractivity (Wildman–Crippen MR) is 38.2 cm³/mol. The number of rotatable bonds is 0. The molecule has 0 fully saturated rings. The van der Waals surface area contributed by atoms with Crippen molar-refractivity contribution in [3.63, 3.8) is 0 Å². The van der Waals surface area contributed by atoms with Crippen molar-refractivity contribution in [2.45, 2.75) is 6.42 Å². The van der Waals surface area contributed by atoms with Crippen LogP contribution in [0.25, 0.3) is 0 Å². The lowest BCUT2D eigenvalue weighted by atomic mass is 10.1. The van der Waals surface area contributed by atoms with Gasteiger partial charge in [0.1, 0.15) is 0 Å². The summed E-state index contributed by atoms with van der Waals surface area (Å²) in [4.78, 5) is 14.9. The molecule has 2 rings (SSSR count). The van der Waals surface area contributed by atoms with E-state index in [1.54, 1.807) is 12.4 Å². The molecule has 1 aromatic heterocycles. The number of hydrogen-bond donors (Lipinski definition) is 0. The minimum absolute atomic E-state index is 0.251. The largest absolute Gasteiger partial charge is 0.462 e. The molecule has 1 aliphatic heterocycles. The van der Waals surface area contributed by atoms with Crippen LogP contribution in [-0.4, -0.2) is 17.6 Å². The first kappa shape index (κ1) is 6.34. The first-order valence-corrected chi connectivity index (χ1v) is 3.48. The number of aromatic nitrogens is 1. The van der Waals surface area contributed by atoms with Gasteiger partial charge in [-0.25, -0.2) is 4.79 Å². The van der Waals surface area contributed by atoms with Gasteiger partial charge in [-0.3, -0.25) is 4.98 Å². The average molecular weight is 149 g/mol. The summed E-state index contributed by atoms with van der Waals surface area (Å²) in [5, 5.41) is 0. The highest BCUT2D eigenvalue weighted by atomic mass is 16.5. The van der Waals surface area contributed by atoms with Crippen molar-refractivity contribution in [2.75, 3.05) is 6.61 Å². The maximum atomic E-state index is 11.0. The van der Waals surface area contributed by atoms with Crippen molar-refractivity contribution >= 4 is 5.97 Å². The second-order valence-corrected chi connectivity index (χ2v) is 2.42. The van der Waals surface area contributed by atoms with Gasteiger partial charge < -0.3 is 4.74 Å². The number of nitrogens with zero attached hydrogens (tertiary/aromatic N) is 1. The maximum absolute atomic E-state index is 11.0. The summed E-state index contributed by atoms with van der Waals surface area (Å²) in [5.41, 5.74) is 1.65. The molecule has 11 heavy (non-hydrogen) atoms. The number of hydrogen-bond acceptors (Lipinski definition) is 3. The van der Waals surface area contributed by atoms with E-state index in [1.807, 2.05) is 6.07 Å². The van der Waals surface area contributed by atoms with Gasteiger partial charge in [-0.15, -0.1) is 0 Å². The molecule has 1 aliphatic rings. The molecule has 0 unspecified atom stereocenters. The fourth-order valence-electron chi connectivity index (χ4n) is 1.16. The molecule has 0 saturated heterocycles. The zero-order valence-corrected chi connectivity index (χ0v) is 5.91. The molecular formula is C8H7NO2. The lowest BCUT2D eigenvalue weighted by Gasteiger charge is -2.13. The third kappa shape index (κ3) is 0.981. The Morgan fingerprint density at radius 1 is 1.55 bits per heavy atom. The Balaban J connectivity index is 2.52. The Bertz CT molecular complexity index is 296. The van der Waals surface area contributed by atoms with Crippen LogP contribution in [0.4, 0.5) is 0 Å². The van der Waals surface area contributed by atoms with Gasteiger partial charge >= 0.3 is 5.97 Å². The number of carbonyl (C=O) groups is 1. The number of cyclic esters (lactones) is 1. The van der Waals surface area contributed by atoms with Gasteiger partial charge in [0.05, 0.1) is 12.2 Å². The minimum Gasteiger partial charge on any atom is -0.462 e. The van der Waals surface area contributed by atoms with Crippen molar-refractivity contribution in [3.05, 3.63) is 29.6 Å². The van der Waals surface area contributed by atoms with Gasteiger partial charge in [-0.2, -0.15) is 0 Å².